The van der Waals surface area contributed by atoms with Crippen LogP contribution in [0.3, 0.4) is 0 Å². The fourth-order valence-electron chi connectivity index (χ4n) is 2.49. The number of hydrogen-bond acceptors (Lipinski definition) is 4. The van der Waals surface area contributed by atoms with E-state index < -0.39 is 0 Å². The van der Waals surface area contributed by atoms with Crippen molar-refractivity contribution in [1.29, 1.82) is 0 Å². The third-order valence-electron chi connectivity index (χ3n) is 3.64. The van der Waals surface area contributed by atoms with Gasteiger partial charge in [0.15, 0.2) is 17.3 Å². The molecule has 2 aromatic carbocycles. The minimum Gasteiger partial charge on any atom is -0.493 e. The Morgan fingerprint density at radius 3 is 2.46 bits per heavy atom. The van der Waals surface area contributed by atoms with Gasteiger partial charge < -0.3 is 14.8 Å². The molecule has 0 fully saturated rings. The van der Waals surface area contributed by atoms with Crippen molar-refractivity contribution >= 4 is 34.9 Å². The number of nitrogens with zero attached hydrogens (tertiary/aromatic N) is 1. The number of anilines is 1. The molecule has 3 aromatic rings. The van der Waals surface area contributed by atoms with Gasteiger partial charge in [0.05, 0.1) is 25.5 Å². The second-order valence-electron chi connectivity index (χ2n) is 5.32. The summed E-state index contributed by atoms with van der Waals surface area (Å²) in [5, 5.41) is 10.7. The molecule has 0 aliphatic carbocycles. The molecule has 1 heterocycles. The number of hydrogen-bond donors (Lipinski definition) is 2. The molecule has 2 N–H and O–H groups in total. The van der Waals surface area contributed by atoms with Crippen LogP contribution in [0.1, 0.15) is 10.4 Å². The third kappa shape index (κ3) is 3.76. The lowest BCUT2D eigenvalue weighted by Crippen LogP contribution is -2.13. The molecule has 3 rings (SSSR count). The summed E-state index contributed by atoms with van der Waals surface area (Å²) in [6.07, 6.45) is 0. The highest BCUT2D eigenvalue weighted by Crippen LogP contribution is 2.31. The van der Waals surface area contributed by atoms with E-state index in [4.69, 9.17) is 32.7 Å². The van der Waals surface area contributed by atoms with Crippen LogP contribution < -0.4 is 14.8 Å². The molecule has 8 heteroatoms. The van der Waals surface area contributed by atoms with E-state index in [9.17, 15) is 4.79 Å². The molecule has 134 valence electrons. The first-order valence-electron chi connectivity index (χ1n) is 7.56. The van der Waals surface area contributed by atoms with E-state index in [2.05, 4.69) is 15.5 Å². The molecule has 0 saturated heterocycles. The number of H-pyrrole nitrogens is 1. The second-order valence-corrected chi connectivity index (χ2v) is 6.19. The Hall–Kier alpha value is -2.70. The van der Waals surface area contributed by atoms with Crippen molar-refractivity contribution < 1.29 is 14.3 Å². The van der Waals surface area contributed by atoms with Gasteiger partial charge in [-0.1, -0.05) is 29.3 Å². The van der Waals surface area contributed by atoms with Gasteiger partial charge in [-0.15, -0.1) is 0 Å². The van der Waals surface area contributed by atoms with Crippen LogP contribution in [0.5, 0.6) is 11.5 Å². The topological polar surface area (TPSA) is 76.2 Å². The van der Waals surface area contributed by atoms with E-state index >= 15 is 0 Å². The number of ether oxygens (including phenoxy) is 2. The van der Waals surface area contributed by atoms with Crippen molar-refractivity contribution in [1.82, 2.24) is 10.2 Å². The summed E-state index contributed by atoms with van der Waals surface area (Å²) in [6, 6.07) is 11.9. The number of para-hydroxylation sites is 1. The van der Waals surface area contributed by atoms with Gasteiger partial charge in [-0.25, -0.2) is 0 Å². The standard InChI is InChI=1S/C18H15Cl2N3O3/c1-25-15-5-3-4-13(17(15)26-2)18(24)21-16-9-14(22-23-16)10-6-11(19)8-12(20)7-10/h3-9H,1-2H3,(H2,21,22,23,24). The Morgan fingerprint density at radius 1 is 1.08 bits per heavy atom. The summed E-state index contributed by atoms with van der Waals surface area (Å²) in [4.78, 5) is 12.6. The average molecular weight is 392 g/mol. The largest absolute Gasteiger partial charge is 0.493 e. The molecule has 0 aliphatic rings. The lowest BCUT2D eigenvalue weighted by atomic mass is 10.1. The van der Waals surface area contributed by atoms with Gasteiger partial charge in [0, 0.05) is 21.7 Å². The quantitative estimate of drug-likeness (QED) is 0.663. The van der Waals surface area contributed by atoms with E-state index in [1.807, 2.05) is 0 Å². The van der Waals surface area contributed by atoms with Gasteiger partial charge in [-0.3, -0.25) is 9.89 Å². The van der Waals surface area contributed by atoms with Crippen molar-refractivity contribution in [3.8, 4) is 22.8 Å². The second kappa shape index (κ2) is 7.68. The number of amides is 1. The van der Waals surface area contributed by atoms with Crippen LogP contribution in [-0.2, 0) is 0 Å². The first kappa shape index (κ1) is 18.1. The van der Waals surface area contributed by atoms with Crippen LogP contribution >= 0.6 is 23.2 Å². The SMILES string of the molecule is COc1cccc(C(=O)Nc2cc(-c3cc(Cl)cc(Cl)c3)[nH]n2)c1OC. The Bertz CT molecular complexity index is 936. The van der Waals surface area contributed by atoms with Crippen molar-refractivity contribution in [2.45, 2.75) is 0 Å². The van der Waals surface area contributed by atoms with Crippen LogP contribution in [0.25, 0.3) is 11.3 Å². The van der Waals surface area contributed by atoms with Crippen LogP contribution in [0, 0.1) is 0 Å². The van der Waals surface area contributed by atoms with Crippen LogP contribution in [-0.4, -0.2) is 30.3 Å². The smallest absolute Gasteiger partial charge is 0.260 e. The van der Waals surface area contributed by atoms with E-state index in [0.717, 1.165) is 5.56 Å². The molecule has 26 heavy (non-hydrogen) atoms. The monoisotopic (exact) mass is 391 g/mol. The number of methoxy groups -OCH3 is 2. The first-order chi connectivity index (χ1) is 12.5. The summed E-state index contributed by atoms with van der Waals surface area (Å²) in [5.41, 5.74) is 1.76. The summed E-state index contributed by atoms with van der Waals surface area (Å²) < 4.78 is 10.5. The molecule has 0 aliphatic heterocycles. The summed E-state index contributed by atoms with van der Waals surface area (Å²) in [7, 11) is 2.99. The lowest BCUT2D eigenvalue weighted by molar-refractivity contribution is 0.102. The number of benzene rings is 2. The molecule has 0 radical (unpaired) electrons. The molecule has 0 unspecified atom stereocenters. The van der Waals surface area contributed by atoms with Gasteiger partial charge in [-0.2, -0.15) is 5.10 Å². The molecule has 0 spiro atoms. The Labute approximate surface area is 160 Å². The van der Waals surface area contributed by atoms with Crippen molar-refractivity contribution in [3.05, 3.63) is 58.1 Å². The molecular weight excluding hydrogens is 377 g/mol. The zero-order chi connectivity index (χ0) is 18.7. The summed E-state index contributed by atoms with van der Waals surface area (Å²) in [5.74, 6) is 0.801. The summed E-state index contributed by atoms with van der Waals surface area (Å²) in [6.45, 7) is 0. The van der Waals surface area contributed by atoms with E-state index in [1.54, 1.807) is 42.5 Å². The Balaban J connectivity index is 1.84. The Morgan fingerprint density at radius 2 is 1.81 bits per heavy atom. The maximum atomic E-state index is 12.6. The zero-order valence-corrected chi connectivity index (χ0v) is 15.5. The average Bonchev–Trinajstić information content (AvgIpc) is 3.08. The number of halogens is 2. The fourth-order valence-corrected chi connectivity index (χ4v) is 3.02. The predicted molar refractivity (Wildman–Crippen MR) is 102 cm³/mol. The number of carbonyl (C=O) groups excluding carboxylic acids is 1. The fraction of sp³-hybridized carbons (Fsp3) is 0.111. The highest BCUT2D eigenvalue weighted by molar-refractivity contribution is 6.35. The number of carbonyl (C=O) groups is 1. The molecule has 1 aromatic heterocycles. The van der Waals surface area contributed by atoms with Crippen molar-refractivity contribution in [3.63, 3.8) is 0 Å². The van der Waals surface area contributed by atoms with Gasteiger partial charge in [0.25, 0.3) is 5.91 Å². The lowest BCUT2D eigenvalue weighted by Gasteiger charge is -2.11. The van der Waals surface area contributed by atoms with Gasteiger partial charge >= 0.3 is 0 Å². The minimum absolute atomic E-state index is 0.335. The van der Waals surface area contributed by atoms with Crippen LogP contribution in [0.15, 0.2) is 42.5 Å². The molecule has 0 bridgehead atoms. The van der Waals surface area contributed by atoms with E-state index in [0.29, 0.717) is 38.6 Å². The van der Waals surface area contributed by atoms with Gasteiger partial charge in [-0.05, 0) is 30.3 Å². The highest BCUT2D eigenvalue weighted by atomic mass is 35.5. The molecule has 6 nitrogen and oxygen atoms in total. The van der Waals surface area contributed by atoms with Gasteiger partial charge in [0.1, 0.15) is 0 Å². The number of aromatic nitrogens is 2. The maximum absolute atomic E-state index is 12.6. The number of nitrogens with one attached hydrogen (secondary N) is 2. The maximum Gasteiger partial charge on any atom is 0.260 e. The van der Waals surface area contributed by atoms with E-state index in [1.165, 1.54) is 14.2 Å². The van der Waals surface area contributed by atoms with Crippen molar-refractivity contribution in [2.24, 2.45) is 0 Å². The van der Waals surface area contributed by atoms with Crippen LogP contribution in [0.4, 0.5) is 5.82 Å². The third-order valence-corrected chi connectivity index (χ3v) is 4.08. The molecule has 0 atom stereocenters. The Kier molecular flexibility index (Phi) is 5.35. The molecule has 0 saturated carbocycles. The minimum atomic E-state index is -0.372. The number of aromatic amines is 1. The number of rotatable bonds is 5. The normalized spacial score (nSPS) is 10.5. The van der Waals surface area contributed by atoms with Gasteiger partial charge in [0.2, 0.25) is 0 Å². The molecular formula is C18H15Cl2N3O3. The zero-order valence-electron chi connectivity index (χ0n) is 14.0. The molecule has 1 amide bonds. The summed E-state index contributed by atoms with van der Waals surface area (Å²) >= 11 is 12.0. The first-order valence-corrected chi connectivity index (χ1v) is 8.31. The predicted octanol–water partition coefficient (Wildman–Crippen LogP) is 4.65. The van der Waals surface area contributed by atoms with Crippen molar-refractivity contribution in [2.75, 3.05) is 19.5 Å². The van der Waals surface area contributed by atoms with Crippen LogP contribution in [0.2, 0.25) is 10.0 Å². The van der Waals surface area contributed by atoms with E-state index in [-0.39, 0.29) is 5.91 Å². The highest BCUT2D eigenvalue weighted by Gasteiger charge is 2.17.